The lowest BCUT2D eigenvalue weighted by molar-refractivity contribution is -0.166. The third-order valence-electron chi connectivity index (χ3n) is 5.76. The second kappa shape index (κ2) is 16.6. The number of nitrogens with one attached hydrogen (secondary N) is 1. The molecule has 0 saturated carbocycles. The third-order valence-corrected chi connectivity index (χ3v) is 5.76. The number of carbonyl (C=O) groups excluding carboxylic acids is 2. The zero-order valence-corrected chi connectivity index (χ0v) is 21.1. The van der Waals surface area contributed by atoms with Crippen molar-refractivity contribution in [3.63, 3.8) is 0 Å². The Hall–Kier alpha value is -2.98. The number of methoxy groups -OCH3 is 1. The van der Waals surface area contributed by atoms with Gasteiger partial charge in [-0.3, -0.25) is 14.8 Å². The largest absolute Gasteiger partial charge is 0.489 e. The number of ether oxygens (including phenoxy) is 2. The van der Waals surface area contributed by atoms with Crippen LogP contribution in [0.3, 0.4) is 0 Å². The first-order valence-corrected chi connectivity index (χ1v) is 12.4. The molecule has 0 radical (unpaired) electrons. The second-order valence-electron chi connectivity index (χ2n) is 8.78. The molecule has 0 unspecified atom stereocenters. The highest BCUT2D eigenvalue weighted by molar-refractivity contribution is 5.76. The lowest BCUT2D eigenvalue weighted by Gasteiger charge is -2.20. The minimum Gasteiger partial charge on any atom is -0.489 e. The number of amides is 1. The maximum absolute atomic E-state index is 12.3. The molecule has 0 heterocycles. The van der Waals surface area contributed by atoms with Gasteiger partial charge in [0.05, 0.1) is 13.7 Å². The van der Waals surface area contributed by atoms with Crippen LogP contribution in [0.4, 0.5) is 0 Å². The van der Waals surface area contributed by atoms with Crippen molar-refractivity contribution >= 4 is 11.9 Å². The number of nitrogens with two attached hydrogens (primary N) is 2. The number of benzene rings is 2. The molecule has 0 aliphatic carbocycles. The van der Waals surface area contributed by atoms with Gasteiger partial charge in [-0.2, -0.15) is 0 Å². The highest BCUT2D eigenvalue weighted by atomic mass is 16.5. The van der Waals surface area contributed by atoms with Crippen LogP contribution < -0.4 is 21.5 Å². The standard InChI is InChI=1S/C27H40N4O5/c1-35-27(33)25(10-5-6-16-28)30-17-7-11-26(32)31(34)19-23(29)18-21-12-14-24(15-13-21)36-20-22-8-3-2-4-9-22/h2-4,8-9,12-15,23,25,30,34H,5-7,10-11,16-20,28-29H2,1H3/t23-,25-/m0/s1. The van der Waals surface area contributed by atoms with Gasteiger partial charge in [-0.05, 0) is 62.0 Å². The first kappa shape index (κ1) is 29.3. The molecule has 9 heteroatoms. The van der Waals surface area contributed by atoms with Gasteiger partial charge < -0.3 is 26.3 Å². The molecule has 6 N–H and O–H groups in total. The average molecular weight is 501 g/mol. The summed E-state index contributed by atoms with van der Waals surface area (Å²) < 4.78 is 10.6. The van der Waals surface area contributed by atoms with Crippen LogP contribution in [-0.2, 0) is 27.4 Å². The van der Waals surface area contributed by atoms with Crippen molar-refractivity contribution in [1.29, 1.82) is 0 Å². The van der Waals surface area contributed by atoms with Crippen molar-refractivity contribution in [2.45, 2.75) is 57.2 Å². The van der Waals surface area contributed by atoms with Crippen molar-refractivity contribution in [3.05, 3.63) is 65.7 Å². The summed E-state index contributed by atoms with van der Waals surface area (Å²) in [5, 5.41) is 13.9. The summed E-state index contributed by atoms with van der Waals surface area (Å²) >= 11 is 0. The Morgan fingerprint density at radius 1 is 1.03 bits per heavy atom. The van der Waals surface area contributed by atoms with Crippen LogP contribution in [0.1, 0.15) is 43.2 Å². The van der Waals surface area contributed by atoms with Crippen molar-refractivity contribution in [3.8, 4) is 5.75 Å². The van der Waals surface area contributed by atoms with Crippen molar-refractivity contribution in [2.24, 2.45) is 11.5 Å². The normalized spacial score (nSPS) is 12.6. The Bertz CT molecular complexity index is 895. The number of esters is 1. The molecule has 1 amide bonds. The van der Waals surface area contributed by atoms with Gasteiger partial charge in [0.1, 0.15) is 18.4 Å². The van der Waals surface area contributed by atoms with Gasteiger partial charge >= 0.3 is 5.97 Å². The Balaban J connectivity index is 1.67. The van der Waals surface area contributed by atoms with E-state index in [-0.39, 0.29) is 18.9 Å². The summed E-state index contributed by atoms with van der Waals surface area (Å²) in [6.07, 6.45) is 3.39. The fourth-order valence-corrected chi connectivity index (χ4v) is 3.74. The molecule has 0 spiro atoms. The number of nitrogens with zero attached hydrogens (tertiary/aromatic N) is 1. The lowest BCUT2D eigenvalue weighted by atomic mass is 10.1. The zero-order valence-electron chi connectivity index (χ0n) is 21.1. The molecular formula is C27H40N4O5. The maximum Gasteiger partial charge on any atom is 0.322 e. The minimum absolute atomic E-state index is 0.0302. The average Bonchev–Trinajstić information content (AvgIpc) is 2.89. The Kier molecular flexibility index (Phi) is 13.5. The molecule has 0 saturated heterocycles. The number of unbranched alkanes of at least 4 members (excludes halogenated alkanes) is 1. The molecule has 2 rings (SSSR count). The molecule has 0 aliphatic rings. The number of hydroxylamine groups is 2. The van der Waals surface area contributed by atoms with Crippen LogP contribution >= 0.6 is 0 Å². The summed E-state index contributed by atoms with van der Waals surface area (Å²) in [6.45, 7) is 1.55. The molecule has 2 aromatic rings. The highest BCUT2D eigenvalue weighted by Gasteiger charge is 2.19. The van der Waals surface area contributed by atoms with E-state index in [4.69, 9.17) is 20.9 Å². The van der Waals surface area contributed by atoms with Crippen LogP contribution in [0.15, 0.2) is 54.6 Å². The van der Waals surface area contributed by atoms with E-state index >= 15 is 0 Å². The van der Waals surface area contributed by atoms with Gasteiger partial charge in [0.15, 0.2) is 0 Å². The summed E-state index contributed by atoms with van der Waals surface area (Å²) in [5.41, 5.74) is 13.7. The molecular weight excluding hydrogens is 460 g/mol. The summed E-state index contributed by atoms with van der Waals surface area (Å²) in [7, 11) is 1.35. The number of carbonyl (C=O) groups is 2. The molecule has 198 valence electrons. The fourth-order valence-electron chi connectivity index (χ4n) is 3.74. The van der Waals surface area contributed by atoms with E-state index in [1.807, 2.05) is 54.6 Å². The summed E-state index contributed by atoms with van der Waals surface area (Å²) in [6, 6.07) is 16.7. The highest BCUT2D eigenvalue weighted by Crippen LogP contribution is 2.15. The Morgan fingerprint density at radius 2 is 1.75 bits per heavy atom. The quantitative estimate of drug-likeness (QED) is 0.112. The molecule has 36 heavy (non-hydrogen) atoms. The number of hydrogen-bond donors (Lipinski definition) is 4. The monoisotopic (exact) mass is 500 g/mol. The van der Waals surface area contributed by atoms with Crippen molar-refractivity contribution in [2.75, 3.05) is 26.7 Å². The van der Waals surface area contributed by atoms with Crippen LogP contribution in [0, 0.1) is 0 Å². The van der Waals surface area contributed by atoms with E-state index < -0.39 is 18.0 Å². The molecule has 2 atom stereocenters. The first-order chi connectivity index (χ1) is 17.4. The summed E-state index contributed by atoms with van der Waals surface area (Å²) in [5.74, 6) is 0.0242. The SMILES string of the molecule is COC(=O)[C@H](CCCCN)NCCCC(=O)N(O)C[C@@H](N)Cc1ccc(OCc2ccccc2)cc1. The smallest absolute Gasteiger partial charge is 0.322 e. The predicted octanol–water partition coefficient (Wildman–Crippen LogP) is 2.39. The molecule has 9 nitrogen and oxygen atoms in total. The van der Waals surface area contributed by atoms with Crippen LogP contribution in [0.2, 0.25) is 0 Å². The van der Waals surface area contributed by atoms with Gasteiger partial charge in [-0.1, -0.05) is 48.9 Å². The third kappa shape index (κ3) is 11.2. The topological polar surface area (TPSA) is 140 Å². The molecule has 0 aromatic heterocycles. The van der Waals surface area contributed by atoms with Crippen molar-refractivity contribution in [1.82, 2.24) is 10.4 Å². The van der Waals surface area contributed by atoms with E-state index in [0.717, 1.165) is 29.7 Å². The van der Waals surface area contributed by atoms with Gasteiger partial charge in [0, 0.05) is 12.5 Å². The lowest BCUT2D eigenvalue weighted by Crippen LogP contribution is -2.41. The number of rotatable bonds is 17. The van der Waals surface area contributed by atoms with E-state index in [2.05, 4.69) is 5.32 Å². The van der Waals surface area contributed by atoms with Crippen LogP contribution in [0.5, 0.6) is 5.75 Å². The van der Waals surface area contributed by atoms with E-state index in [1.165, 1.54) is 7.11 Å². The Labute approximate surface area is 213 Å². The Morgan fingerprint density at radius 3 is 2.42 bits per heavy atom. The fraction of sp³-hybridized carbons (Fsp3) is 0.481. The number of hydrogen-bond acceptors (Lipinski definition) is 8. The molecule has 0 aliphatic heterocycles. The van der Waals surface area contributed by atoms with Crippen LogP contribution in [-0.4, -0.2) is 61.0 Å². The van der Waals surface area contributed by atoms with Crippen molar-refractivity contribution < 1.29 is 24.3 Å². The van der Waals surface area contributed by atoms with E-state index in [0.29, 0.717) is 44.0 Å². The van der Waals surface area contributed by atoms with E-state index in [9.17, 15) is 14.8 Å². The predicted molar refractivity (Wildman–Crippen MR) is 138 cm³/mol. The van der Waals surface area contributed by atoms with Crippen LogP contribution in [0.25, 0.3) is 0 Å². The van der Waals surface area contributed by atoms with Gasteiger partial charge in [0.25, 0.3) is 0 Å². The molecule has 0 fully saturated rings. The summed E-state index contributed by atoms with van der Waals surface area (Å²) in [4.78, 5) is 24.2. The van der Waals surface area contributed by atoms with E-state index in [1.54, 1.807) is 0 Å². The maximum atomic E-state index is 12.3. The second-order valence-corrected chi connectivity index (χ2v) is 8.78. The molecule has 0 bridgehead atoms. The first-order valence-electron chi connectivity index (χ1n) is 12.4. The molecule has 2 aromatic carbocycles. The minimum atomic E-state index is -0.426. The van der Waals surface area contributed by atoms with Gasteiger partial charge in [-0.15, -0.1) is 0 Å². The van der Waals surface area contributed by atoms with Gasteiger partial charge in [0.2, 0.25) is 5.91 Å². The zero-order chi connectivity index (χ0) is 26.2. The van der Waals surface area contributed by atoms with Gasteiger partial charge in [-0.25, -0.2) is 5.06 Å².